The molecule has 4 aromatic carbocycles. The molecule has 4 heterocycles. The van der Waals surface area contributed by atoms with Crippen LogP contribution >= 0.6 is 0 Å². The molecule has 0 aliphatic rings. The lowest BCUT2D eigenvalue weighted by atomic mass is 10.2. The van der Waals surface area contributed by atoms with Gasteiger partial charge in [-0.25, -0.2) is 0 Å². The van der Waals surface area contributed by atoms with Crippen molar-refractivity contribution in [3.8, 4) is 0 Å². The molecule has 2 amide bonds. The van der Waals surface area contributed by atoms with Crippen LogP contribution in [0.15, 0.2) is 146 Å². The van der Waals surface area contributed by atoms with Crippen LogP contribution in [0.1, 0.15) is 22.8 Å². The second-order valence-electron chi connectivity index (χ2n) is 14.0. The number of nitrogens with one attached hydrogen (secondary N) is 2. The van der Waals surface area contributed by atoms with Crippen LogP contribution < -0.4 is 10.6 Å². The van der Waals surface area contributed by atoms with E-state index < -0.39 is 0 Å². The summed E-state index contributed by atoms with van der Waals surface area (Å²) in [5, 5.41) is 10.3. The van der Waals surface area contributed by atoms with Crippen molar-refractivity contribution in [1.82, 2.24) is 40.4 Å². The summed E-state index contributed by atoms with van der Waals surface area (Å²) in [5.74, 6) is -0.292. The molecule has 2 N–H and O–H groups in total. The van der Waals surface area contributed by atoms with Gasteiger partial charge < -0.3 is 10.6 Å². The van der Waals surface area contributed by atoms with Gasteiger partial charge in [-0.2, -0.15) is 0 Å². The average molecular weight is 739 g/mol. The van der Waals surface area contributed by atoms with E-state index >= 15 is 0 Å². The Balaban J connectivity index is 0.892. The van der Waals surface area contributed by atoms with Gasteiger partial charge in [0.2, 0.25) is 11.8 Å². The molecule has 56 heavy (non-hydrogen) atoms. The number of aromatic nitrogens is 4. The third-order valence-corrected chi connectivity index (χ3v) is 9.67. The maximum Gasteiger partial charge on any atom is 0.234 e. The zero-order valence-corrected chi connectivity index (χ0v) is 31.0. The topological polar surface area (TPSA) is 116 Å². The first kappa shape index (κ1) is 36.4. The number of pyridine rings is 4. The molecular weight excluding hydrogens is 697 g/mol. The van der Waals surface area contributed by atoms with E-state index in [1.54, 1.807) is 0 Å². The molecule has 0 saturated carbocycles. The minimum absolute atomic E-state index is 0.141. The Kier molecular flexibility index (Phi) is 11.2. The first-order valence-electron chi connectivity index (χ1n) is 18.9. The van der Waals surface area contributed by atoms with Gasteiger partial charge in [0.15, 0.2) is 0 Å². The number of amides is 2. The Labute approximate surface area is 325 Å². The van der Waals surface area contributed by atoms with E-state index in [-0.39, 0.29) is 24.9 Å². The monoisotopic (exact) mass is 738 g/mol. The number of carbonyl (C=O) groups is 2. The molecule has 0 fully saturated rings. The quantitative estimate of drug-likeness (QED) is 0.110. The Morgan fingerprint density at radius 3 is 0.929 bits per heavy atom. The van der Waals surface area contributed by atoms with Gasteiger partial charge in [-0.05, 0) is 48.5 Å². The van der Waals surface area contributed by atoms with Crippen LogP contribution in [0.5, 0.6) is 0 Å². The molecular formula is C46H42N8O2. The molecule has 278 valence electrons. The molecule has 0 unspecified atom stereocenters. The number of nitrogens with zero attached hydrogens (tertiary/aromatic N) is 6. The van der Waals surface area contributed by atoms with Gasteiger partial charge in [-0.3, -0.25) is 39.3 Å². The molecule has 0 bridgehead atoms. The second kappa shape index (κ2) is 17.2. The van der Waals surface area contributed by atoms with E-state index in [9.17, 15) is 9.59 Å². The summed E-state index contributed by atoms with van der Waals surface area (Å²) in [4.78, 5) is 50.2. The summed E-state index contributed by atoms with van der Waals surface area (Å²) in [6.07, 6.45) is 0. The van der Waals surface area contributed by atoms with Gasteiger partial charge in [-0.15, -0.1) is 0 Å². The van der Waals surface area contributed by atoms with Gasteiger partial charge >= 0.3 is 0 Å². The van der Waals surface area contributed by atoms with E-state index in [1.807, 2.05) is 131 Å². The number of rotatable bonds is 15. The molecule has 0 spiro atoms. The lowest BCUT2D eigenvalue weighted by Gasteiger charge is -2.22. The van der Waals surface area contributed by atoms with E-state index in [0.29, 0.717) is 39.3 Å². The van der Waals surface area contributed by atoms with Crippen LogP contribution in [0.3, 0.4) is 0 Å². The smallest absolute Gasteiger partial charge is 0.234 e. The van der Waals surface area contributed by atoms with Crippen molar-refractivity contribution >= 4 is 55.4 Å². The number of hydrogen-bond acceptors (Lipinski definition) is 8. The lowest BCUT2D eigenvalue weighted by molar-refractivity contribution is -0.124. The van der Waals surface area contributed by atoms with Crippen molar-refractivity contribution in [2.45, 2.75) is 26.2 Å². The van der Waals surface area contributed by atoms with Gasteiger partial charge in [-0.1, -0.05) is 97.1 Å². The van der Waals surface area contributed by atoms with Crippen LogP contribution in [0, 0.1) is 0 Å². The minimum atomic E-state index is -0.146. The van der Waals surface area contributed by atoms with Crippen molar-refractivity contribution in [2.75, 3.05) is 26.2 Å². The lowest BCUT2D eigenvalue weighted by Crippen LogP contribution is -2.42. The minimum Gasteiger partial charge on any atom is -0.353 e. The van der Waals surface area contributed by atoms with Crippen LogP contribution in [-0.4, -0.2) is 67.7 Å². The van der Waals surface area contributed by atoms with E-state index in [4.69, 9.17) is 19.9 Å². The van der Waals surface area contributed by atoms with E-state index in [2.05, 4.69) is 34.9 Å². The van der Waals surface area contributed by atoms with Crippen LogP contribution in [0.4, 0.5) is 0 Å². The fraction of sp³-hybridized carbons (Fsp3) is 0.174. The number of carbonyl (C=O) groups excluding carboxylic acids is 2. The second-order valence-corrected chi connectivity index (χ2v) is 14.0. The molecule has 0 aliphatic heterocycles. The van der Waals surface area contributed by atoms with Crippen molar-refractivity contribution in [2.24, 2.45) is 0 Å². The molecule has 0 atom stereocenters. The third kappa shape index (κ3) is 9.35. The maximum absolute atomic E-state index is 13.3. The van der Waals surface area contributed by atoms with Crippen molar-refractivity contribution in [3.05, 3.63) is 168 Å². The van der Waals surface area contributed by atoms with Crippen LogP contribution in [0.2, 0.25) is 0 Å². The summed E-state index contributed by atoms with van der Waals surface area (Å²) < 4.78 is 0. The predicted octanol–water partition coefficient (Wildman–Crippen LogP) is 6.82. The zero-order valence-electron chi connectivity index (χ0n) is 31.0. The van der Waals surface area contributed by atoms with Crippen molar-refractivity contribution < 1.29 is 9.59 Å². The summed E-state index contributed by atoms with van der Waals surface area (Å²) in [7, 11) is 0. The fourth-order valence-electron chi connectivity index (χ4n) is 6.96. The molecule has 10 nitrogen and oxygen atoms in total. The summed E-state index contributed by atoms with van der Waals surface area (Å²) in [5.41, 5.74) is 7.12. The molecule has 0 saturated heterocycles. The number of hydrogen-bond donors (Lipinski definition) is 2. The van der Waals surface area contributed by atoms with Crippen molar-refractivity contribution in [1.29, 1.82) is 0 Å². The number of fused-ring (bicyclic) bond motifs is 4. The molecule has 0 aliphatic carbocycles. The van der Waals surface area contributed by atoms with E-state index in [0.717, 1.165) is 66.4 Å². The van der Waals surface area contributed by atoms with Crippen LogP contribution in [0.25, 0.3) is 43.6 Å². The summed E-state index contributed by atoms with van der Waals surface area (Å²) in [6, 6.07) is 48.3. The van der Waals surface area contributed by atoms with Gasteiger partial charge in [0.1, 0.15) is 0 Å². The first-order chi connectivity index (χ1) is 27.5. The summed E-state index contributed by atoms with van der Waals surface area (Å²) >= 11 is 0. The number of para-hydroxylation sites is 4. The average Bonchev–Trinajstić information content (AvgIpc) is 3.22. The maximum atomic E-state index is 13.3. The fourth-order valence-corrected chi connectivity index (χ4v) is 6.96. The molecule has 4 aromatic heterocycles. The third-order valence-electron chi connectivity index (χ3n) is 9.67. The zero-order chi connectivity index (χ0) is 38.1. The highest BCUT2D eigenvalue weighted by Gasteiger charge is 2.17. The van der Waals surface area contributed by atoms with Gasteiger partial charge in [0, 0.05) is 60.8 Å². The van der Waals surface area contributed by atoms with Crippen LogP contribution in [-0.2, 0) is 35.8 Å². The predicted molar refractivity (Wildman–Crippen MR) is 221 cm³/mol. The highest BCUT2D eigenvalue weighted by atomic mass is 16.2. The first-order valence-corrected chi connectivity index (χ1v) is 18.9. The molecule has 8 rings (SSSR count). The standard InChI is InChI=1S/C46H42N8O2/c55-45(31-53(27-37-21-17-33-9-1-5-13-41(33)49-37)28-38-22-18-34-10-2-6-14-42(34)50-38)47-25-26-48-46(56)32-54(29-39-23-19-35-11-3-7-15-43(35)51-39)30-40-24-20-36-12-4-8-16-44(36)52-40/h1-24H,25-32H2,(H,47,55)(H,48,56). The van der Waals surface area contributed by atoms with Crippen molar-refractivity contribution in [3.63, 3.8) is 0 Å². The largest absolute Gasteiger partial charge is 0.353 e. The molecule has 8 aromatic rings. The Bertz CT molecular complexity index is 2300. The Hall–Kier alpha value is -6.62. The Morgan fingerprint density at radius 1 is 0.375 bits per heavy atom. The van der Waals surface area contributed by atoms with Gasteiger partial charge in [0.05, 0.1) is 57.9 Å². The Morgan fingerprint density at radius 2 is 0.643 bits per heavy atom. The molecule has 0 radical (unpaired) electrons. The number of benzene rings is 4. The summed E-state index contributed by atoms with van der Waals surface area (Å²) in [6.45, 7) is 2.74. The van der Waals surface area contributed by atoms with Gasteiger partial charge in [0.25, 0.3) is 0 Å². The highest BCUT2D eigenvalue weighted by Crippen LogP contribution is 2.18. The SMILES string of the molecule is O=C(CN(Cc1ccc2ccccc2n1)Cc1ccc2ccccc2n1)NCCNC(=O)CN(Cc1ccc2ccccc2n1)Cc1ccc2ccccc2n1. The van der Waals surface area contributed by atoms with E-state index in [1.165, 1.54) is 0 Å². The normalized spacial score (nSPS) is 11.5. The molecule has 10 heteroatoms. The highest BCUT2D eigenvalue weighted by molar-refractivity contribution is 5.81.